The smallest absolute Gasteiger partial charge is 0.159 e. The van der Waals surface area contributed by atoms with E-state index >= 15 is 0 Å². The van der Waals surface area contributed by atoms with E-state index in [-0.39, 0.29) is 27.9 Å². The number of hydrogen-bond donors (Lipinski definition) is 3. The van der Waals surface area contributed by atoms with Gasteiger partial charge in [-0.15, -0.1) is 0 Å². The minimum Gasteiger partial charge on any atom is -0.394 e. The highest BCUT2D eigenvalue weighted by molar-refractivity contribution is 4.82. The first-order valence-electron chi connectivity index (χ1n) is 29.7. The van der Waals surface area contributed by atoms with Crippen molar-refractivity contribution in [2.75, 3.05) is 26.4 Å². The van der Waals surface area contributed by atoms with Gasteiger partial charge in [-0.05, 0) is 19.3 Å². The molecule has 0 amide bonds. The molecule has 0 saturated heterocycles. The van der Waals surface area contributed by atoms with Gasteiger partial charge in [-0.3, -0.25) is 0 Å². The van der Waals surface area contributed by atoms with Crippen molar-refractivity contribution >= 4 is 0 Å². The zero-order chi connectivity index (χ0) is 50.8. The van der Waals surface area contributed by atoms with Gasteiger partial charge in [0.25, 0.3) is 0 Å². The third-order valence-corrected chi connectivity index (χ3v) is 13.0. The largest absolute Gasteiger partial charge is 0.394 e. The highest BCUT2D eigenvalue weighted by atomic mass is 17.2. The minimum atomic E-state index is -0.954. The lowest BCUT2D eigenvalue weighted by Gasteiger charge is -2.18. The fourth-order valence-corrected chi connectivity index (χ4v) is 8.36. The maximum absolute atomic E-state index is 8.17. The molecule has 9 heteroatoms. The Hall–Kier alpha value is -1.62. The Morgan fingerprint density at radius 3 is 0.739 bits per heavy atom. The Balaban J connectivity index is -0.00000599. The molecule has 0 unspecified atom stereocenters. The quantitative estimate of drug-likeness (QED) is 0.0237. The number of allylic oxidation sites excluding steroid dienone is 3. The van der Waals surface area contributed by atoms with E-state index in [0.717, 1.165) is 38.5 Å². The van der Waals surface area contributed by atoms with Gasteiger partial charge < -0.3 is 30.0 Å². The van der Waals surface area contributed by atoms with E-state index < -0.39 is 12.2 Å². The molecule has 0 heterocycles. The zero-order valence-corrected chi connectivity index (χ0v) is 46.2. The number of unbranched alkanes of at least 4 members (excludes halogenated alkanes) is 39. The Labute approximate surface area is 430 Å². The van der Waals surface area contributed by atoms with Crippen molar-refractivity contribution in [1.29, 1.82) is 0 Å². The van der Waals surface area contributed by atoms with E-state index in [1.54, 1.807) is 0 Å². The summed E-state index contributed by atoms with van der Waals surface area (Å²) in [6.07, 6.45) is 57.1. The van der Waals surface area contributed by atoms with Crippen molar-refractivity contribution in [2.24, 2.45) is 0 Å². The van der Waals surface area contributed by atoms with E-state index in [0.29, 0.717) is 17.3 Å². The molecule has 0 bridgehead atoms. The molecule has 414 valence electrons. The summed E-state index contributed by atoms with van der Waals surface area (Å²) in [6, 6.07) is 0. The standard InChI is InChI=1S/C57H110O6.C3H8O3.H2/c1-7-10-13-16-19-22-25-28-31-34-37-40-43-46-49-54(4)60-58-52-57(63-62-56(6)51-48-45-42-39-36-33-30-27-24-21-18-15-12-9-3)53-59-61-55(5)50-47-44-41-38-35-32-29-26-23-20-17-14-11-8-2;4-1-3(6)2-5;/h57H,4-53H2,1-3H3;3-6H,1-2H2;1H/i;;1+1. The van der Waals surface area contributed by atoms with Crippen LogP contribution in [-0.2, 0) is 29.3 Å². The number of hydrogen-bond acceptors (Lipinski definition) is 9. The highest BCUT2D eigenvalue weighted by Gasteiger charge is 2.16. The molecule has 9 nitrogen and oxygen atoms in total. The van der Waals surface area contributed by atoms with E-state index in [9.17, 15) is 0 Å². The summed E-state index contributed by atoms with van der Waals surface area (Å²) in [5.41, 5.74) is 0. The number of aliphatic hydroxyl groups excluding tert-OH is 3. The SMILES string of the molecule is C=C(CCCCCCCCCCCCCCCC)OOCC(COOC(=C)CCCCCCCCCCCCCCCC)OOC(=C)CCCCCCCCCCCCCCCC.OCC(O)CO.[2HH]. The van der Waals surface area contributed by atoms with Crippen LogP contribution in [0.3, 0.4) is 0 Å². The van der Waals surface area contributed by atoms with Crippen molar-refractivity contribution < 1.29 is 46.1 Å². The molecule has 0 aliphatic rings. The first kappa shape index (κ1) is 69.5. The van der Waals surface area contributed by atoms with Crippen LogP contribution < -0.4 is 0 Å². The van der Waals surface area contributed by atoms with Crippen molar-refractivity contribution in [3.8, 4) is 0 Å². The maximum atomic E-state index is 8.17. The fourth-order valence-electron chi connectivity index (χ4n) is 8.36. The second-order valence-corrected chi connectivity index (χ2v) is 20.2. The molecule has 0 spiro atoms. The van der Waals surface area contributed by atoms with Gasteiger partial charge in [0.15, 0.2) is 6.10 Å². The van der Waals surface area contributed by atoms with Crippen molar-refractivity contribution in [1.82, 2.24) is 0 Å². The first-order valence-corrected chi connectivity index (χ1v) is 29.7. The summed E-state index contributed by atoms with van der Waals surface area (Å²) in [5, 5.41) is 24.0. The van der Waals surface area contributed by atoms with Crippen molar-refractivity contribution in [3.63, 3.8) is 0 Å². The van der Waals surface area contributed by atoms with Crippen LogP contribution >= 0.6 is 0 Å². The molecule has 0 saturated carbocycles. The highest BCUT2D eigenvalue weighted by Crippen LogP contribution is 2.19. The van der Waals surface area contributed by atoms with Crippen LogP contribution in [0.25, 0.3) is 0 Å². The molecule has 0 rings (SSSR count). The molecular formula is C60H120O9. The van der Waals surface area contributed by atoms with E-state index in [1.807, 2.05) is 0 Å². The van der Waals surface area contributed by atoms with Crippen LogP contribution in [0, 0.1) is 0 Å². The van der Waals surface area contributed by atoms with Crippen LogP contribution in [-0.4, -0.2) is 54.0 Å². The van der Waals surface area contributed by atoms with Gasteiger partial charge in [-0.25, -0.2) is 0 Å². The number of rotatable bonds is 58. The topological polar surface area (TPSA) is 116 Å². The van der Waals surface area contributed by atoms with E-state index in [4.69, 9.17) is 44.6 Å². The lowest BCUT2D eigenvalue weighted by Crippen LogP contribution is -2.26. The average molecular weight is 987 g/mol. The molecule has 69 heavy (non-hydrogen) atoms. The van der Waals surface area contributed by atoms with Gasteiger partial charge in [0.05, 0.1) is 13.2 Å². The molecule has 0 fully saturated rings. The molecule has 0 aromatic carbocycles. The summed E-state index contributed by atoms with van der Waals surface area (Å²) in [6.45, 7) is 18.6. The lowest BCUT2D eigenvalue weighted by atomic mass is 10.0. The molecule has 0 atom stereocenters. The second-order valence-electron chi connectivity index (χ2n) is 20.2. The zero-order valence-electron chi connectivity index (χ0n) is 46.2. The Morgan fingerprint density at radius 2 is 0.536 bits per heavy atom. The summed E-state index contributed by atoms with van der Waals surface area (Å²) >= 11 is 0. The fraction of sp³-hybridized carbons (Fsp3) is 0.900. The van der Waals surface area contributed by atoms with Crippen LogP contribution in [0.1, 0.15) is 311 Å². The number of aliphatic hydroxyl groups is 3. The average Bonchev–Trinajstić information content (AvgIpc) is 3.35. The Bertz CT molecular complexity index is 976. The minimum absolute atomic E-state index is 0. The van der Waals surface area contributed by atoms with Gasteiger partial charge >= 0.3 is 0 Å². The van der Waals surface area contributed by atoms with Crippen LogP contribution in [0.4, 0.5) is 0 Å². The Kier molecular flexibility index (Phi) is 61.1. The molecule has 0 aromatic heterocycles. The third kappa shape index (κ3) is 60.6. The molecule has 0 aromatic rings. The Morgan fingerprint density at radius 1 is 0.333 bits per heavy atom. The second kappa shape index (κ2) is 60.7. The monoisotopic (exact) mass is 986 g/mol. The predicted octanol–water partition coefficient (Wildman–Crippen LogP) is 18.9. The summed E-state index contributed by atoms with van der Waals surface area (Å²) in [7, 11) is 0. The van der Waals surface area contributed by atoms with Crippen molar-refractivity contribution in [3.05, 3.63) is 37.0 Å². The molecule has 0 aliphatic carbocycles. The van der Waals surface area contributed by atoms with Gasteiger partial charge in [0.2, 0.25) is 0 Å². The molecular weight excluding hydrogens is 865 g/mol. The van der Waals surface area contributed by atoms with E-state index in [2.05, 4.69) is 40.5 Å². The molecule has 3 N–H and O–H groups in total. The third-order valence-electron chi connectivity index (χ3n) is 13.0. The molecule has 0 aliphatic heterocycles. The summed E-state index contributed by atoms with van der Waals surface area (Å²) in [5.74, 6) is 1.88. The van der Waals surface area contributed by atoms with Crippen LogP contribution in [0.5, 0.6) is 0 Å². The summed E-state index contributed by atoms with van der Waals surface area (Å²) < 4.78 is 0. The van der Waals surface area contributed by atoms with Crippen LogP contribution in [0.2, 0.25) is 0 Å². The predicted molar refractivity (Wildman–Crippen MR) is 295 cm³/mol. The first-order chi connectivity index (χ1) is 33.8. The van der Waals surface area contributed by atoms with Crippen molar-refractivity contribution in [2.45, 2.75) is 322 Å². The molecule has 0 radical (unpaired) electrons. The van der Waals surface area contributed by atoms with Gasteiger partial charge in [0, 0.05) is 20.7 Å². The normalized spacial score (nSPS) is 11.3. The van der Waals surface area contributed by atoms with Gasteiger partial charge in [-0.2, -0.15) is 14.7 Å². The van der Waals surface area contributed by atoms with Gasteiger partial charge in [-0.1, -0.05) is 291 Å². The van der Waals surface area contributed by atoms with E-state index in [1.165, 1.54) is 250 Å². The summed E-state index contributed by atoms with van der Waals surface area (Å²) in [4.78, 5) is 33.6. The maximum Gasteiger partial charge on any atom is 0.159 e. The lowest BCUT2D eigenvalue weighted by molar-refractivity contribution is -0.369. The van der Waals surface area contributed by atoms with Gasteiger partial charge in [0.1, 0.15) is 36.6 Å². The van der Waals surface area contributed by atoms with Crippen LogP contribution in [0.15, 0.2) is 37.0 Å².